The molecule has 8 heteroatoms. The third-order valence-electron chi connectivity index (χ3n) is 3.82. The molecule has 144 valence electrons. The summed E-state index contributed by atoms with van der Waals surface area (Å²) in [5, 5.41) is 7.59. The molecular weight excluding hydrogens is 353 g/mol. The second kappa shape index (κ2) is 9.51. The van der Waals surface area contributed by atoms with Gasteiger partial charge in [-0.3, -0.25) is 14.4 Å². The monoisotopic (exact) mass is 375 g/mol. The number of hydrogen-bond donors (Lipinski definition) is 3. The predicted molar refractivity (Wildman–Crippen MR) is 96.1 cm³/mol. The van der Waals surface area contributed by atoms with Crippen LogP contribution in [-0.2, 0) is 16.1 Å². The summed E-state index contributed by atoms with van der Waals surface area (Å²) >= 11 is 0. The maximum absolute atomic E-state index is 13.7. The van der Waals surface area contributed by atoms with Gasteiger partial charge in [-0.15, -0.1) is 0 Å². The van der Waals surface area contributed by atoms with Gasteiger partial charge in [0, 0.05) is 0 Å². The molecule has 0 radical (unpaired) electrons. The van der Waals surface area contributed by atoms with E-state index in [0.29, 0.717) is 5.76 Å². The number of amides is 3. The lowest BCUT2D eigenvalue weighted by atomic mass is 10.0. The number of carbonyl (C=O) groups is 3. The number of carbonyl (C=O) groups excluding carboxylic acids is 3. The molecule has 7 nitrogen and oxygen atoms in total. The summed E-state index contributed by atoms with van der Waals surface area (Å²) in [6, 6.07) is 8.02. The van der Waals surface area contributed by atoms with Gasteiger partial charge in [0.1, 0.15) is 17.6 Å². The number of hydrogen-bond acceptors (Lipinski definition) is 4. The molecule has 1 aromatic heterocycles. The SMILES string of the molecule is CC(C)C(NC(=O)c1ccccc1F)C(=O)NCC(=O)NCc1ccco1. The lowest BCUT2D eigenvalue weighted by Gasteiger charge is -2.21. The fourth-order valence-electron chi connectivity index (χ4n) is 2.34. The predicted octanol–water partition coefficient (Wildman–Crippen LogP) is 1.61. The highest BCUT2D eigenvalue weighted by molar-refractivity contribution is 5.98. The average molecular weight is 375 g/mol. The van der Waals surface area contributed by atoms with Crippen molar-refractivity contribution in [2.24, 2.45) is 5.92 Å². The molecular formula is C19H22FN3O4. The molecule has 0 saturated heterocycles. The molecule has 1 aromatic carbocycles. The Morgan fingerprint density at radius 2 is 1.81 bits per heavy atom. The Balaban J connectivity index is 1.87. The van der Waals surface area contributed by atoms with Crippen LogP contribution in [0.5, 0.6) is 0 Å². The molecule has 1 atom stereocenters. The van der Waals surface area contributed by atoms with Gasteiger partial charge in [-0.2, -0.15) is 0 Å². The highest BCUT2D eigenvalue weighted by Crippen LogP contribution is 2.09. The number of nitrogens with one attached hydrogen (secondary N) is 3. The molecule has 27 heavy (non-hydrogen) atoms. The maximum atomic E-state index is 13.7. The summed E-state index contributed by atoms with van der Waals surface area (Å²) in [7, 11) is 0. The van der Waals surface area contributed by atoms with Gasteiger partial charge in [-0.05, 0) is 30.2 Å². The van der Waals surface area contributed by atoms with Crippen LogP contribution in [0.25, 0.3) is 0 Å². The van der Waals surface area contributed by atoms with Crippen LogP contribution in [0, 0.1) is 11.7 Å². The van der Waals surface area contributed by atoms with Crippen molar-refractivity contribution in [1.29, 1.82) is 0 Å². The molecule has 1 heterocycles. The lowest BCUT2D eigenvalue weighted by molar-refractivity contribution is -0.127. The van der Waals surface area contributed by atoms with Crippen LogP contribution in [0.1, 0.15) is 30.0 Å². The molecule has 3 N–H and O–H groups in total. The Labute approximate surface area is 156 Å². The first-order valence-electron chi connectivity index (χ1n) is 8.50. The van der Waals surface area contributed by atoms with E-state index in [4.69, 9.17) is 4.42 Å². The Morgan fingerprint density at radius 3 is 2.44 bits per heavy atom. The van der Waals surface area contributed by atoms with Gasteiger partial charge in [-0.1, -0.05) is 26.0 Å². The van der Waals surface area contributed by atoms with Crippen molar-refractivity contribution < 1.29 is 23.2 Å². The maximum Gasteiger partial charge on any atom is 0.254 e. The van der Waals surface area contributed by atoms with Crippen molar-refractivity contribution >= 4 is 17.7 Å². The summed E-state index contributed by atoms with van der Waals surface area (Å²) in [5.74, 6) is -1.95. The van der Waals surface area contributed by atoms with Crippen LogP contribution in [0.2, 0.25) is 0 Å². The van der Waals surface area contributed by atoms with Crippen LogP contribution in [0.3, 0.4) is 0 Å². The molecule has 1 unspecified atom stereocenters. The van der Waals surface area contributed by atoms with E-state index in [2.05, 4.69) is 16.0 Å². The normalized spacial score (nSPS) is 11.7. The first kappa shape index (κ1) is 20.2. The minimum Gasteiger partial charge on any atom is -0.467 e. The standard InChI is InChI=1S/C19H22FN3O4/c1-12(2)17(23-18(25)14-7-3-4-8-15(14)20)19(26)22-11-16(24)21-10-13-6-5-9-27-13/h3-9,12,17H,10-11H2,1-2H3,(H,21,24)(H,22,26)(H,23,25). The van der Waals surface area contributed by atoms with E-state index in [1.54, 1.807) is 26.0 Å². The van der Waals surface area contributed by atoms with E-state index >= 15 is 0 Å². The second-order valence-corrected chi connectivity index (χ2v) is 6.25. The molecule has 0 aliphatic heterocycles. The van der Waals surface area contributed by atoms with Gasteiger partial charge < -0.3 is 20.4 Å². The Bertz CT molecular complexity index is 790. The number of benzene rings is 1. The Kier molecular flexibility index (Phi) is 7.10. The highest BCUT2D eigenvalue weighted by Gasteiger charge is 2.25. The topological polar surface area (TPSA) is 100 Å². The number of furan rings is 1. The highest BCUT2D eigenvalue weighted by atomic mass is 19.1. The van der Waals surface area contributed by atoms with Crippen molar-refractivity contribution in [2.75, 3.05) is 6.54 Å². The molecule has 0 aliphatic carbocycles. The van der Waals surface area contributed by atoms with E-state index < -0.39 is 29.6 Å². The van der Waals surface area contributed by atoms with Crippen LogP contribution in [0.15, 0.2) is 47.1 Å². The van der Waals surface area contributed by atoms with E-state index in [1.165, 1.54) is 30.5 Å². The van der Waals surface area contributed by atoms with Crippen molar-refractivity contribution in [1.82, 2.24) is 16.0 Å². The molecule has 3 amide bonds. The first-order chi connectivity index (χ1) is 12.9. The molecule has 0 fully saturated rings. The fraction of sp³-hybridized carbons (Fsp3) is 0.316. The van der Waals surface area contributed by atoms with Crippen molar-refractivity contribution in [3.63, 3.8) is 0 Å². The zero-order valence-electron chi connectivity index (χ0n) is 15.1. The second-order valence-electron chi connectivity index (χ2n) is 6.25. The van der Waals surface area contributed by atoms with E-state index in [1.807, 2.05) is 0 Å². The van der Waals surface area contributed by atoms with Gasteiger partial charge in [0.15, 0.2) is 0 Å². The zero-order valence-corrected chi connectivity index (χ0v) is 15.1. The summed E-state index contributed by atoms with van der Waals surface area (Å²) in [6.45, 7) is 3.43. The first-order valence-corrected chi connectivity index (χ1v) is 8.50. The summed E-state index contributed by atoms with van der Waals surface area (Å²) in [4.78, 5) is 36.4. The third-order valence-corrected chi connectivity index (χ3v) is 3.82. The lowest BCUT2D eigenvalue weighted by Crippen LogP contribution is -2.51. The molecule has 0 bridgehead atoms. The number of rotatable bonds is 8. The van der Waals surface area contributed by atoms with Gasteiger partial charge in [0.05, 0.1) is 24.9 Å². The molecule has 2 rings (SSSR count). The third kappa shape index (κ3) is 5.95. The van der Waals surface area contributed by atoms with Crippen LogP contribution in [0.4, 0.5) is 4.39 Å². The molecule has 0 aliphatic rings. The van der Waals surface area contributed by atoms with Gasteiger partial charge in [0.25, 0.3) is 5.91 Å². The smallest absolute Gasteiger partial charge is 0.254 e. The van der Waals surface area contributed by atoms with Crippen LogP contribution >= 0.6 is 0 Å². The average Bonchev–Trinajstić information content (AvgIpc) is 3.16. The number of halogens is 1. The molecule has 0 saturated carbocycles. The zero-order chi connectivity index (χ0) is 19.8. The largest absolute Gasteiger partial charge is 0.467 e. The van der Waals surface area contributed by atoms with Gasteiger partial charge in [0.2, 0.25) is 11.8 Å². The Morgan fingerprint density at radius 1 is 1.07 bits per heavy atom. The van der Waals surface area contributed by atoms with Gasteiger partial charge >= 0.3 is 0 Å². The van der Waals surface area contributed by atoms with Crippen LogP contribution < -0.4 is 16.0 Å². The fourth-order valence-corrected chi connectivity index (χ4v) is 2.34. The van der Waals surface area contributed by atoms with Crippen molar-refractivity contribution in [3.05, 3.63) is 59.8 Å². The van der Waals surface area contributed by atoms with Gasteiger partial charge in [-0.25, -0.2) is 4.39 Å². The van der Waals surface area contributed by atoms with Crippen LogP contribution in [-0.4, -0.2) is 30.3 Å². The minimum atomic E-state index is -0.907. The Hall–Kier alpha value is -3.16. The summed E-state index contributed by atoms with van der Waals surface area (Å²) in [5.41, 5.74) is -0.146. The minimum absolute atomic E-state index is 0.146. The molecule has 2 aromatic rings. The van der Waals surface area contributed by atoms with E-state index in [9.17, 15) is 18.8 Å². The summed E-state index contributed by atoms with van der Waals surface area (Å²) in [6.07, 6.45) is 1.49. The van der Waals surface area contributed by atoms with E-state index in [0.717, 1.165) is 0 Å². The summed E-state index contributed by atoms with van der Waals surface area (Å²) < 4.78 is 18.8. The quantitative estimate of drug-likeness (QED) is 0.652. The van der Waals surface area contributed by atoms with E-state index in [-0.39, 0.29) is 24.6 Å². The van der Waals surface area contributed by atoms with Crippen molar-refractivity contribution in [2.45, 2.75) is 26.4 Å². The molecule has 0 spiro atoms. The van der Waals surface area contributed by atoms with Crippen molar-refractivity contribution in [3.8, 4) is 0 Å².